The average Bonchev–Trinajstić information content (AvgIpc) is 3.63. The van der Waals surface area contributed by atoms with Crippen LogP contribution in [0.2, 0.25) is 0 Å². The van der Waals surface area contributed by atoms with Crippen molar-refractivity contribution in [2.24, 2.45) is 0 Å². The molecule has 8 aromatic rings. The van der Waals surface area contributed by atoms with Gasteiger partial charge in [-0.3, -0.25) is 0 Å². The van der Waals surface area contributed by atoms with Crippen LogP contribution >= 0.6 is 0 Å². The van der Waals surface area contributed by atoms with Gasteiger partial charge < -0.3 is 9.47 Å². The fourth-order valence-electron chi connectivity index (χ4n) is 8.26. The summed E-state index contributed by atoms with van der Waals surface area (Å²) in [5.74, 6) is 2.71. The van der Waals surface area contributed by atoms with Crippen molar-refractivity contribution in [3.63, 3.8) is 0 Å². The van der Waals surface area contributed by atoms with Crippen molar-refractivity contribution in [1.82, 2.24) is 4.57 Å². The summed E-state index contributed by atoms with van der Waals surface area (Å²) in [6, 6.07) is 57.4. The van der Waals surface area contributed by atoms with Gasteiger partial charge in [0, 0.05) is 44.5 Å². The Hall–Kier alpha value is -6.56. The SMILES string of the molecule is C#C/C=C\c1c(C)ccc2c3cc(N(c4ccc(-c5ccccc5)cc4)c4ccc5c(c4)C(C)(C)c4ccccc4-5)ccc3n(-c3ccccc3)c12. The summed E-state index contributed by atoms with van der Waals surface area (Å²) < 4.78 is 2.38. The van der Waals surface area contributed by atoms with E-state index in [4.69, 9.17) is 6.42 Å². The maximum Gasteiger partial charge on any atom is 0.0616 e. The Morgan fingerprint density at radius 2 is 1.23 bits per heavy atom. The van der Waals surface area contributed by atoms with E-state index in [1.165, 1.54) is 49.7 Å². The zero-order chi connectivity index (χ0) is 35.4. The Bertz CT molecular complexity index is 2700. The second kappa shape index (κ2) is 12.3. The minimum absolute atomic E-state index is 0.113. The van der Waals surface area contributed by atoms with Crippen molar-refractivity contribution >= 4 is 44.9 Å². The largest absolute Gasteiger partial charge is 0.310 e. The van der Waals surface area contributed by atoms with E-state index in [1.807, 2.05) is 0 Å². The quantitative estimate of drug-likeness (QED) is 0.160. The standard InChI is InChI=1S/C50H38N2/c1-5-6-19-41-34(2)22-29-44-45-32-39(28-31-48(45)52(49(41)44)37-17-11-8-12-18-37)51(38-25-23-36(24-26-38)35-15-9-7-10-16-35)40-27-30-43-42-20-13-14-21-46(42)50(3,4)47(43)33-40/h1,6-33H,2-4H3/b19-6-. The number of aryl methyl sites for hydroxylation is 1. The van der Waals surface area contributed by atoms with Crippen molar-refractivity contribution in [2.45, 2.75) is 26.2 Å². The van der Waals surface area contributed by atoms with Gasteiger partial charge in [0.1, 0.15) is 0 Å². The van der Waals surface area contributed by atoms with Crippen molar-refractivity contribution in [3.8, 4) is 40.3 Å². The van der Waals surface area contributed by atoms with Gasteiger partial charge in [0.25, 0.3) is 0 Å². The minimum atomic E-state index is -0.113. The van der Waals surface area contributed by atoms with Gasteiger partial charge in [-0.15, -0.1) is 6.42 Å². The molecule has 0 spiro atoms. The van der Waals surface area contributed by atoms with Gasteiger partial charge in [-0.25, -0.2) is 0 Å². The Kier molecular flexibility index (Phi) is 7.46. The van der Waals surface area contributed by atoms with Crippen LogP contribution in [0.5, 0.6) is 0 Å². The number of para-hydroxylation sites is 1. The van der Waals surface area contributed by atoms with Crippen LogP contribution in [0, 0.1) is 19.3 Å². The normalized spacial score (nSPS) is 13.0. The van der Waals surface area contributed by atoms with E-state index in [-0.39, 0.29) is 5.41 Å². The number of fused-ring (bicyclic) bond motifs is 6. The number of aromatic nitrogens is 1. The molecular weight excluding hydrogens is 629 g/mol. The summed E-state index contributed by atoms with van der Waals surface area (Å²) in [4.78, 5) is 2.41. The summed E-state index contributed by atoms with van der Waals surface area (Å²) in [5.41, 5.74) is 16.7. The van der Waals surface area contributed by atoms with Gasteiger partial charge in [-0.2, -0.15) is 0 Å². The summed E-state index contributed by atoms with van der Waals surface area (Å²) in [6.45, 7) is 6.85. The first-order valence-corrected chi connectivity index (χ1v) is 17.9. The first kappa shape index (κ1) is 31.4. The van der Waals surface area contributed by atoms with Crippen LogP contribution in [0.1, 0.15) is 36.1 Å². The maximum absolute atomic E-state index is 5.73. The molecule has 0 atom stereocenters. The van der Waals surface area contributed by atoms with E-state index in [9.17, 15) is 0 Å². The minimum Gasteiger partial charge on any atom is -0.310 e. The molecule has 0 radical (unpaired) electrons. The highest BCUT2D eigenvalue weighted by molar-refractivity contribution is 6.13. The van der Waals surface area contributed by atoms with Crippen LogP contribution in [0.15, 0.2) is 164 Å². The second-order valence-corrected chi connectivity index (χ2v) is 14.2. The lowest BCUT2D eigenvalue weighted by Gasteiger charge is -2.28. The molecule has 2 heteroatoms. The molecule has 0 bridgehead atoms. The molecule has 2 nitrogen and oxygen atoms in total. The monoisotopic (exact) mass is 666 g/mol. The van der Waals surface area contributed by atoms with E-state index < -0.39 is 0 Å². The molecule has 0 amide bonds. The molecule has 1 aliphatic carbocycles. The van der Waals surface area contributed by atoms with E-state index in [1.54, 1.807) is 6.08 Å². The molecule has 7 aromatic carbocycles. The lowest BCUT2D eigenvalue weighted by atomic mass is 9.82. The lowest BCUT2D eigenvalue weighted by molar-refractivity contribution is 0.660. The van der Waals surface area contributed by atoms with Crippen LogP contribution in [0.4, 0.5) is 17.1 Å². The lowest BCUT2D eigenvalue weighted by Crippen LogP contribution is -2.16. The number of benzene rings is 7. The number of rotatable bonds is 6. The van der Waals surface area contributed by atoms with Gasteiger partial charge in [-0.05, 0) is 113 Å². The highest BCUT2D eigenvalue weighted by atomic mass is 15.1. The molecule has 1 aliphatic rings. The second-order valence-electron chi connectivity index (χ2n) is 14.2. The summed E-state index contributed by atoms with van der Waals surface area (Å²) in [7, 11) is 0. The molecule has 0 N–H and O–H groups in total. The Morgan fingerprint density at radius 3 is 2.00 bits per heavy atom. The Labute approximate surface area is 305 Å². The molecule has 1 heterocycles. The maximum atomic E-state index is 5.73. The van der Waals surface area contributed by atoms with Crippen LogP contribution in [0.25, 0.3) is 55.8 Å². The molecular formula is C50H38N2. The zero-order valence-corrected chi connectivity index (χ0v) is 29.6. The third kappa shape index (κ3) is 4.97. The number of terminal acetylenes is 1. The molecule has 0 saturated heterocycles. The number of allylic oxidation sites excluding steroid dienone is 1. The molecule has 9 rings (SSSR count). The predicted octanol–water partition coefficient (Wildman–Crippen LogP) is 13.2. The van der Waals surface area contributed by atoms with Crippen molar-refractivity contribution in [3.05, 3.63) is 186 Å². The first-order chi connectivity index (χ1) is 25.4. The molecule has 0 saturated carbocycles. The smallest absolute Gasteiger partial charge is 0.0616 e. The number of nitrogens with zero attached hydrogens (tertiary/aromatic N) is 2. The van der Waals surface area contributed by atoms with Crippen molar-refractivity contribution in [1.29, 1.82) is 0 Å². The van der Waals surface area contributed by atoms with Gasteiger partial charge >= 0.3 is 0 Å². The summed E-state index contributed by atoms with van der Waals surface area (Å²) in [5, 5.41) is 2.37. The molecule has 0 unspecified atom stereocenters. The van der Waals surface area contributed by atoms with Gasteiger partial charge in [0.15, 0.2) is 0 Å². The molecule has 0 aliphatic heterocycles. The van der Waals surface area contributed by atoms with Crippen LogP contribution in [0.3, 0.4) is 0 Å². The molecule has 1 aromatic heterocycles. The fraction of sp³-hybridized carbons (Fsp3) is 0.0800. The fourth-order valence-corrected chi connectivity index (χ4v) is 8.26. The summed E-state index contributed by atoms with van der Waals surface area (Å²) >= 11 is 0. The van der Waals surface area contributed by atoms with Gasteiger partial charge in [-0.1, -0.05) is 123 Å². The number of hydrogen-bond acceptors (Lipinski definition) is 1. The van der Waals surface area contributed by atoms with Gasteiger partial charge in [0.05, 0.1) is 11.0 Å². The predicted molar refractivity (Wildman–Crippen MR) is 221 cm³/mol. The van der Waals surface area contributed by atoms with Gasteiger partial charge in [0.2, 0.25) is 0 Å². The summed E-state index contributed by atoms with van der Waals surface area (Å²) in [6.07, 6.45) is 9.60. The van der Waals surface area contributed by atoms with E-state index >= 15 is 0 Å². The topological polar surface area (TPSA) is 8.17 Å². The van der Waals surface area contributed by atoms with E-state index in [2.05, 4.69) is 200 Å². The number of hydrogen-bond donors (Lipinski definition) is 0. The third-order valence-electron chi connectivity index (χ3n) is 10.8. The Morgan fingerprint density at radius 1 is 0.596 bits per heavy atom. The van der Waals surface area contributed by atoms with Crippen molar-refractivity contribution < 1.29 is 0 Å². The zero-order valence-electron chi connectivity index (χ0n) is 29.6. The third-order valence-corrected chi connectivity index (χ3v) is 10.8. The Balaban J connectivity index is 1.28. The van der Waals surface area contributed by atoms with E-state index in [0.717, 1.165) is 39.3 Å². The van der Waals surface area contributed by atoms with Crippen LogP contribution in [-0.2, 0) is 5.41 Å². The molecule has 52 heavy (non-hydrogen) atoms. The molecule has 248 valence electrons. The highest BCUT2D eigenvalue weighted by Gasteiger charge is 2.35. The van der Waals surface area contributed by atoms with Crippen LogP contribution in [-0.4, -0.2) is 4.57 Å². The van der Waals surface area contributed by atoms with E-state index in [0.29, 0.717) is 0 Å². The van der Waals surface area contributed by atoms with Crippen molar-refractivity contribution in [2.75, 3.05) is 4.90 Å². The highest BCUT2D eigenvalue weighted by Crippen LogP contribution is 2.51. The first-order valence-electron chi connectivity index (χ1n) is 17.9. The number of anilines is 3. The molecule has 0 fully saturated rings. The van der Waals surface area contributed by atoms with Crippen LogP contribution < -0.4 is 4.90 Å². The average molecular weight is 667 g/mol.